The lowest BCUT2D eigenvalue weighted by atomic mass is 10.1. The molecule has 0 atom stereocenters. The summed E-state index contributed by atoms with van der Waals surface area (Å²) in [7, 11) is 0. The van der Waals surface area contributed by atoms with Crippen molar-refractivity contribution in [2.75, 3.05) is 0 Å². The van der Waals surface area contributed by atoms with E-state index >= 15 is 0 Å². The van der Waals surface area contributed by atoms with Crippen LogP contribution in [0.25, 0.3) is 0 Å². The number of aldehydes is 1. The van der Waals surface area contributed by atoms with Gasteiger partial charge in [-0.15, -0.1) is 0 Å². The highest BCUT2D eigenvalue weighted by molar-refractivity contribution is 5.80. The molecule has 1 heterocycles. The van der Waals surface area contributed by atoms with Gasteiger partial charge >= 0.3 is 0 Å². The fourth-order valence-electron chi connectivity index (χ4n) is 1.14. The summed E-state index contributed by atoms with van der Waals surface area (Å²) in [5.41, 5.74) is 1.43. The molecule has 0 aliphatic heterocycles. The largest absolute Gasteiger partial charge is 0.427 e. The molecular formula is C8H8N2O2. The van der Waals surface area contributed by atoms with Crippen LogP contribution >= 0.6 is 0 Å². The van der Waals surface area contributed by atoms with Crippen LogP contribution in [0.15, 0.2) is 0 Å². The molecule has 0 aliphatic carbocycles. The van der Waals surface area contributed by atoms with Crippen LogP contribution in [0.3, 0.4) is 0 Å². The Hall–Kier alpha value is -1.76. The number of rotatable bonds is 1. The van der Waals surface area contributed by atoms with Crippen molar-refractivity contribution in [3.63, 3.8) is 0 Å². The number of nitrogens with zero attached hydrogens (tertiary/aromatic N) is 2. The molecule has 1 rings (SSSR count). The lowest BCUT2D eigenvalue weighted by Crippen LogP contribution is -1.96. The fourth-order valence-corrected chi connectivity index (χ4v) is 1.14. The Balaban J connectivity index is 3.56. The molecule has 0 unspecified atom stereocenters. The van der Waals surface area contributed by atoms with Crippen LogP contribution in [0.1, 0.15) is 27.3 Å². The summed E-state index contributed by atoms with van der Waals surface area (Å²) in [5, 5.41) is 17.9. The Kier molecular flexibility index (Phi) is 1.88. The van der Waals surface area contributed by atoms with Crippen LogP contribution in [-0.4, -0.2) is 16.2 Å². The zero-order valence-corrected chi connectivity index (χ0v) is 6.83. The highest BCUT2D eigenvalue weighted by Crippen LogP contribution is 2.17. The zero-order valence-electron chi connectivity index (χ0n) is 6.83. The van der Waals surface area contributed by atoms with Crippen LogP contribution < -0.4 is 0 Å². The average Bonchev–Trinajstić information content (AvgIpc) is 2.25. The molecule has 1 aromatic heterocycles. The topological polar surface area (TPSA) is 66.0 Å². The van der Waals surface area contributed by atoms with Crippen molar-refractivity contribution in [2.45, 2.75) is 13.8 Å². The van der Waals surface area contributed by atoms with E-state index in [9.17, 15) is 10.0 Å². The van der Waals surface area contributed by atoms with Crippen molar-refractivity contribution in [3.05, 3.63) is 22.5 Å². The molecule has 12 heavy (non-hydrogen) atoms. The van der Waals surface area contributed by atoms with Gasteiger partial charge < -0.3 is 5.21 Å². The van der Waals surface area contributed by atoms with E-state index in [4.69, 9.17) is 5.26 Å². The molecule has 0 aliphatic rings. The number of carbonyl (C=O) groups is 1. The van der Waals surface area contributed by atoms with E-state index in [-0.39, 0.29) is 5.69 Å². The van der Waals surface area contributed by atoms with E-state index in [0.717, 1.165) is 4.73 Å². The lowest BCUT2D eigenvalue weighted by Gasteiger charge is -1.94. The molecule has 1 N–H and O–H groups in total. The van der Waals surface area contributed by atoms with Crippen molar-refractivity contribution in [1.82, 2.24) is 4.73 Å². The van der Waals surface area contributed by atoms with Gasteiger partial charge in [0.05, 0.1) is 5.69 Å². The van der Waals surface area contributed by atoms with E-state index in [1.807, 2.05) is 6.07 Å². The van der Waals surface area contributed by atoms with Gasteiger partial charge in [0.2, 0.25) is 0 Å². The monoisotopic (exact) mass is 164 g/mol. The van der Waals surface area contributed by atoms with Gasteiger partial charge in [0.15, 0.2) is 12.0 Å². The molecule has 62 valence electrons. The maximum absolute atomic E-state index is 10.5. The summed E-state index contributed by atoms with van der Waals surface area (Å²) < 4.78 is 0.735. The second-order valence-corrected chi connectivity index (χ2v) is 2.51. The van der Waals surface area contributed by atoms with Crippen molar-refractivity contribution in [2.24, 2.45) is 0 Å². The molecule has 0 aromatic carbocycles. The molecule has 0 fully saturated rings. The minimum Gasteiger partial charge on any atom is -0.427 e. The highest BCUT2D eigenvalue weighted by Gasteiger charge is 2.15. The molecular weight excluding hydrogens is 156 g/mol. The van der Waals surface area contributed by atoms with E-state index in [0.29, 0.717) is 23.1 Å². The first-order chi connectivity index (χ1) is 5.63. The number of hydrogen-bond donors (Lipinski definition) is 1. The SMILES string of the molecule is Cc1c(C=O)c(C)n(O)c1C#N. The third-order valence-electron chi connectivity index (χ3n) is 1.90. The Morgan fingerprint density at radius 3 is 2.42 bits per heavy atom. The predicted molar refractivity (Wildman–Crippen MR) is 41.2 cm³/mol. The third kappa shape index (κ3) is 0.873. The van der Waals surface area contributed by atoms with Gasteiger partial charge in [0.25, 0.3) is 0 Å². The maximum atomic E-state index is 10.5. The average molecular weight is 164 g/mol. The van der Waals surface area contributed by atoms with Gasteiger partial charge in [0, 0.05) is 5.56 Å². The van der Waals surface area contributed by atoms with Crippen LogP contribution in [-0.2, 0) is 0 Å². The Morgan fingerprint density at radius 1 is 1.58 bits per heavy atom. The second-order valence-electron chi connectivity index (χ2n) is 2.51. The van der Waals surface area contributed by atoms with Crippen molar-refractivity contribution in [3.8, 4) is 6.07 Å². The Labute approximate surface area is 69.6 Å². The summed E-state index contributed by atoms with van der Waals surface area (Å²) in [6.45, 7) is 3.21. The molecule has 4 nitrogen and oxygen atoms in total. The van der Waals surface area contributed by atoms with E-state index in [1.54, 1.807) is 13.8 Å². The molecule has 0 spiro atoms. The number of carbonyl (C=O) groups excluding carboxylic acids is 1. The van der Waals surface area contributed by atoms with Crippen molar-refractivity contribution < 1.29 is 10.0 Å². The molecule has 0 radical (unpaired) electrons. The Morgan fingerprint density at radius 2 is 2.17 bits per heavy atom. The first-order valence-corrected chi connectivity index (χ1v) is 3.40. The van der Waals surface area contributed by atoms with Crippen LogP contribution in [0.5, 0.6) is 0 Å². The number of aromatic nitrogens is 1. The van der Waals surface area contributed by atoms with E-state index in [1.165, 1.54) is 0 Å². The maximum Gasteiger partial charge on any atom is 0.160 e. The van der Waals surface area contributed by atoms with Crippen LogP contribution in [0.4, 0.5) is 0 Å². The molecule has 0 bridgehead atoms. The molecule has 0 saturated carbocycles. The van der Waals surface area contributed by atoms with Gasteiger partial charge in [-0.3, -0.25) is 4.79 Å². The van der Waals surface area contributed by atoms with Gasteiger partial charge in [-0.2, -0.15) is 9.99 Å². The minimum absolute atomic E-state index is 0.120. The smallest absolute Gasteiger partial charge is 0.160 e. The predicted octanol–water partition coefficient (Wildman–Crippen LogP) is 1.03. The number of nitriles is 1. The quantitative estimate of drug-likeness (QED) is 0.498. The number of hydrogen-bond acceptors (Lipinski definition) is 3. The second kappa shape index (κ2) is 2.70. The van der Waals surface area contributed by atoms with Crippen molar-refractivity contribution >= 4 is 6.29 Å². The van der Waals surface area contributed by atoms with E-state index in [2.05, 4.69) is 0 Å². The summed E-state index contributed by atoms with van der Waals surface area (Å²) in [6.07, 6.45) is 0.637. The standard InChI is InChI=1S/C8H8N2O2/c1-5-7(4-11)6(2)10(12)8(5)3-9/h4,12H,1-2H3. The molecule has 0 saturated heterocycles. The first kappa shape index (κ1) is 8.34. The third-order valence-corrected chi connectivity index (χ3v) is 1.90. The summed E-state index contributed by atoms with van der Waals surface area (Å²) in [4.78, 5) is 10.5. The first-order valence-electron chi connectivity index (χ1n) is 3.40. The molecule has 1 aromatic rings. The normalized spacial score (nSPS) is 9.42. The van der Waals surface area contributed by atoms with Gasteiger partial charge in [-0.25, -0.2) is 0 Å². The van der Waals surface area contributed by atoms with Gasteiger partial charge in [0.1, 0.15) is 6.07 Å². The molecule has 4 heteroatoms. The highest BCUT2D eigenvalue weighted by atomic mass is 16.5. The molecule has 0 amide bonds. The van der Waals surface area contributed by atoms with Gasteiger partial charge in [-0.05, 0) is 19.4 Å². The fraction of sp³-hybridized carbons (Fsp3) is 0.250. The Bertz CT molecular complexity index is 371. The van der Waals surface area contributed by atoms with E-state index < -0.39 is 0 Å². The summed E-state index contributed by atoms with van der Waals surface area (Å²) in [6, 6.07) is 1.81. The summed E-state index contributed by atoms with van der Waals surface area (Å²) in [5.74, 6) is 0. The van der Waals surface area contributed by atoms with Crippen LogP contribution in [0, 0.1) is 25.2 Å². The van der Waals surface area contributed by atoms with Crippen molar-refractivity contribution in [1.29, 1.82) is 5.26 Å². The zero-order chi connectivity index (χ0) is 9.30. The summed E-state index contributed by atoms with van der Waals surface area (Å²) >= 11 is 0. The van der Waals surface area contributed by atoms with Crippen LogP contribution in [0.2, 0.25) is 0 Å². The lowest BCUT2D eigenvalue weighted by molar-refractivity contribution is 0.111. The minimum atomic E-state index is 0.120. The van der Waals surface area contributed by atoms with Gasteiger partial charge in [-0.1, -0.05) is 0 Å².